The molecule has 0 aliphatic carbocycles. The third-order valence-corrected chi connectivity index (χ3v) is 4.68. The van der Waals surface area contributed by atoms with Gasteiger partial charge in [-0.15, -0.1) is 0 Å². The molecule has 1 heterocycles. The fourth-order valence-corrected chi connectivity index (χ4v) is 3.32. The van der Waals surface area contributed by atoms with E-state index in [2.05, 4.69) is 56.9 Å². The summed E-state index contributed by atoms with van der Waals surface area (Å²) in [6, 6.07) is 9.43. The van der Waals surface area contributed by atoms with E-state index in [-0.39, 0.29) is 6.04 Å². The van der Waals surface area contributed by atoms with Gasteiger partial charge < -0.3 is 10.6 Å². The van der Waals surface area contributed by atoms with Crippen LogP contribution in [-0.2, 0) is 0 Å². The quantitative estimate of drug-likeness (QED) is 0.891. The monoisotopic (exact) mass is 260 g/mol. The second-order valence-corrected chi connectivity index (χ2v) is 6.28. The van der Waals surface area contributed by atoms with Gasteiger partial charge in [0.1, 0.15) is 0 Å². The van der Waals surface area contributed by atoms with Crippen LogP contribution in [-0.4, -0.2) is 12.6 Å². The largest absolute Gasteiger partial charge is 0.368 e. The van der Waals surface area contributed by atoms with Crippen molar-refractivity contribution in [3.63, 3.8) is 0 Å². The van der Waals surface area contributed by atoms with E-state index in [4.69, 9.17) is 5.73 Å². The van der Waals surface area contributed by atoms with E-state index >= 15 is 0 Å². The third kappa shape index (κ3) is 2.94. The molecule has 2 rings (SSSR count). The number of rotatable bonds is 3. The van der Waals surface area contributed by atoms with Crippen molar-refractivity contribution in [3.8, 4) is 0 Å². The van der Waals surface area contributed by atoms with Gasteiger partial charge in [0.25, 0.3) is 0 Å². The van der Waals surface area contributed by atoms with Crippen LogP contribution in [0.5, 0.6) is 0 Å². The van der Waals surface area contributed by atoms with Crippen LogP contribution in [0.25, 0.3) is 0 Å². The molecule has 0 bridgehead atoms. The van der Waals surface area contributed by atoms with Crippen molar-refractivity contribution in [3.05, 3.63) is 29.8 Å². The zero-order valence-corrected chi connectivity index (χ0v) is 12.8. The molecule has 0 aromatic heterocycles. The van der Waals surface area contributed by atoms with Crippen LogP contribution in [0, 0.1) is 11.8 Å². The van der Waals surface area contributed by atoms with Crippen molar-refractivity contribution in [2.75, 3.05) is 11.4 Å². The molecule has 1 aromatic rings. The number of nitrogens with two attached hydrogens (primary N) is 1. The van der Waals surface area contributed by atoms with Crippen LogP contribution in [0.1, 0.15) is 52.1 Å². The van der Waals surface area contributed by atoms with E-state index in [1.54, 1.807) is 0 Å². The number of hydrogen-bond acceptors (Lipinski definition) is 2. The van der Waals surface area contributed by atoms with Crippen LogP contribution in [0.3, 0.4) is 0 Å². The Morgan fingerprint density at radius 1 is 1.26 bits per heavy atom. The number of para-hydroxylation sites is 1. The Bertz CT molecular complexity index is 415. The molecule has 106 valence electrons. The Hall–Kier alpha value is -1.02. The maximum absolute atomic E-state index is 6.29. The minimum absolute atomic E-state index is 0.149. The zero-order valence-electron chi connectivity index (χ0n) is 12.8. The van der Waals surface area contributed by atoms with Gasteiger partial charge in [-0.2, -0.15) is 0 Å². The maximum atomic E-state index is 6.29. The van der Waals surface area contributed by atoms with Gasteiger partial charge in [0.05, 0.1) is 0 Å². The molecule has 1 aliphatic rings. The molecule has 0 saturated carbocycles. The Labute approximate surface area is 118 Å². The molecule has 2 N–H and O–H groups in total. The lowest BCUT2D eigenvalue weighted by atomic mass is 9.85. The second kappa shape index (κ2) is 5.96. The van der Waals surface area contributed by atoms with E-state index < -0.39 is 0 Å². The number of anilines is 1. The molecule has 2 nitrogen and oxygen atoms in total. The van der Waals surface area contributed by atoms with E-state index in [0.29, 0.717) is 6.04 Å². The minimum Gasteiger partial charge on any atom is -0.368 e. The number of nitrogens with zero attached hydrogens (tertiary/aromatic N) is 1. The highest BCUT2D eigenvalue weighted by Gasteiger charge is 2.30. The van der Waals surface area contributed by atoms with Gasteiger partial charge >= 0.3 is 0 Å². The van der Waals surface area contributed by atoms with Gasteiger partial charge in [-0.3, -0.25) is 0 Å². The first-order valence-corrected chi connectivity index (χ1v) is 7.65. The fourth-order valence-electron chi connectivity index (χ4n) is 3.32. The summed E-state index contributed by atoms with van der Waals surface area (Å²) >= 11 is 0. The zero-order chi connectivity index (χ0) is 14.0. The van der Waals surface area contributed by atoms with Crippen molar-refractivity contribution in [1.82, 2.24) is 0 Å². The highest BCUT2D eigenvalue weighted by molar-refractivity contribution is 5.56. The lowest BCUT2D eigenvalue weighted by Gasteiger charge is -2.43. The molecule has 2 heteroatoms. The predicted octanol–water partition coefficient (Wildman–Crippen LogP) is 3.97. The molecule has 0 radical (unpaired) electrons. The first kappa shape index (κ1) is 14.4. The lowest BCUT2D eigenvalue weighted by molar-refractivity contribution is 0.296. The molecule has 1 fully saturated rings. The van der Waals surface area contributed by atoms with E-state index in [0.717, 1.165) is 24.8 Å². The third-order valence-electron chi connectivity index (χ3n) is 4.68. The van der Waals surface area contributed by atoms with Crippen molar-refractivity contribution in [2.45, 2.75) is 52.6 Å². The summed E-state index contributed by atoms with van der Waals surface area (Å²) in [7, 11) is 0. The van der Waals surface area contributed by atoms with Crippen molar-refractivity contribution in [2.24, 2.45) is 17.6 Å². The Kier molecular flexibility index (Phi) is 4.51. The van der Waals surface area contributed by atoms with Crippen molar-refractivity contribution in [1.29, 1.82) is 0 Å². The number of benzene rings is 1. The Balaban J connectivity index is 2.34. The molecule has 1 saturated heterocycles. The van der Waals surface area contributed by atoms with Gasteiger partial charge in [0.15, 0.2) is 0 Å². The van der Waals surface area contributed by atoms with Gasteiger partial charge in [-0.05, 0) is 43.2 Å². The molecule has 4 atom stereocenters. The molecule has 3 unspecified atom stereocenters. The van der Waals surface area contributed by atoms with Crippen LogP contribution in [0.2, 0.25) is 0 Å². The second-order valence-electron chi connectivity index (χ2n) is 6.28. The van der Waals surface area contributed by atoms with Crippen LogP contribution in [0.15, 0.2) is 24.3 Å². The van der Waals surface area contributed by atoms with Gasteiger partial charge in [-0.25, -0.2) is 0 Å². The predicted molar refractivity (Wildman–Crippen MR) is 83.4 cm³/mol. The average Bonchev–Trinajstić information content (AvgIpc) is 2.42. The summed E-state index contributed by atoms with van der Waals surface area (Å²) in [6.07, 6.45) is 2.32. The molecular weight excluding hydrogens is 232 g/mol. The van der Waals surface area contributed by atoms with Crippen LogP contribution < -0.4 is 10.6 Å². The normalized spacial score (nSPS) is 29.3. The SMILES string of the molecule is CC[C@@H](N)c1ccccc1N1CC(C)CC(C)C1C. The highest BCUT2D eigenvalue weighted by Crippen LogP contribution is 2.35. The first-order chi connectivity index (χ1) is 9.04. The fraction of sp³-hybridized carbons (Fsp3) is 0.647. The van der Waals surface area contributed by atoms with Crippen molar-refractivity contribution < 1.29 is 0 Å². The summed E-state index contributed by atoms with van der Waals surface area (Å²) in [6.45, 7) is 10.4. The average molecular weight is 260 g/mol. The highest BCUT2D eigenvalue weighted by atomic mass is 15.2. The van der Waals surface area contributed by atoms with E-state index in [9.17, 15) is 0 Å². The lowest BCUT2D eigenvalue weighted by Crippen LogP contribution is -2.46. The molecule has 0 spiro atoms. The van der Waals surface area contributed by atoms with Gasteiger partial charge in [0, 0.05) is 24.3 Å². The maximum Gasteiger partial charge on any atom is 0.0417 e. The number of hydrogen-bond donors (Lipinski definition) is 1. The Morgan fingerprint density at radius 3 is 2.63 bits per heavy atom. The molecular formula is C17H28N2. The van der Waals surface area contributed by atoms with Gasteiger partial charge in [0.2, 0.25) is 0 Å². The molecule has 0 amide bonds. The summed E-state index contributed by atoms with van der Waals surface area (Å²) in [4.78, 5) is 2.57. The molecule has 19 heavy (non-hydrogen) atoms. The number of piperidine rings is 1. The smallest absolute Gasteiger partial charge is 0.0417 e. The summed E-state index contributed by atoms with van der Waals surface area (Å²) in [5, 5.41) is 0. The van der Waals surface area contributed by atoms with E-state index in [1.807, 2.05) is 0 Å². The van der Waals surface area contributed by atoms with Crippen molar-refractivity contribution >= 4 is 5.69 Å². The summed E-state index contributed by atoms with van der Waals surface area (Å²) in [5.41, 5.74) is 8.94. The summed E-state index contributed by atoms with van der Waals surface area (Å²) in [5.74, 6) is 1.51. The van der Waals surface area contributed by atoms with Crippen LogP contribution in [0.4, 0.5) is 5.69 Å². The first-order valence-electron chi connectivity index (χ1n) is 7.65. The molecule has 1 aromatic carbocycles. The minimum atomic E-state index is 0.149. The topological polar surface area (TPSA) is 29.3 Å². The summed E-state index contributed by atoms with van der Waals surface area (Å²) < 4.78 is 0. The van der Waals surface area contributed by atoms with E-state index in [1.165, 1.54) is 17.7 Å². The van der Waals surface area contributed by atoms with Gasteiger partial charge in [-0.1, -0.05) is 39.0 Å². The molecule has 1 aliphatic heterocycles. The standard InChI is InChI=1S/C17H28N2/c1-5-16(18)15-8-6-7-9-17(15)19-11-12(2)10-13(3)14(19)4/h6-9,12-14,16H,5,10-11,18H2,1-4H3/t12?,13?,14?,16-/m1/s1. The van der Waals surface area contributed by atoms with Crippen LogP contribution >= 0.6 is 0 Å². The Morgan fingerprint density at radius 2 is 1.95 bits per heavy atom.